The Balaban J connectivity index is 1.49. The van der Waals surface area contributed by atoms with Gasteiger partial charge in [0.2, 0.25) is 0 Å². The normalized spacial score (nSPS) is 19.2. The summed E-state index contributed by atoms with van der Waals surface area (Å²) in [6, 6.07) is 28.1. The molecule has 0 unspecified atom stereocenters. The molecule has 1 fully saturated rings. The highest BCUT2D eigenvalue weighted by atomic mass is 16.5. The lowest BCUT2D eigenvalue weighted by atomic mass is 9.80. The maximum absolute atomic E-state index is 11.0. The van der Waals surface area contributed by atoms with Crippen LogP contribution in [0.25, 0.3) is 0 Å². The molecule has 1 aromatic heterocycles. The van der Waals surface area contributed by atoms with Crippen molar-refractivity contribution in [3.8, 4) is 11.5 Å². The number of aliphatic hydroxyl groups is 1. The Morgan fingerprint density at radius 3 is 1.97 bits per heavy atom. The van der Waals surface area contributed by atoms with Gasteiger partial charge in [-0.25, -0.2) is 9.97 Å². The van der Waals surface area contributed by atoms with Crippen molar-refractivity contribution in [1.29, 1.82) is 0 Å². The molecule has 1 aliphatic rings. The first-order valence-corrected chi connectivity index (χ1v) is 12.8. The Morgan fingerprint density at radius 1 is 0.816 bits per heavy atom. The van der Waals surface area contributed by atoms with Gasteiger partial charge >= 0.3 is 0 Å². The largest absolute Gasteiger partial charge is 0.497 e. The highest BCUT2D eigenvalue weighted by molar-refractivity contribution is 5.49. The van der Waals surface area contributed by atoms with E-state index < -0.39 is 11.7 Å². The fourth-order valence-corrected chi connectivity index (χ4v) is 5.29. The van der Waals surface area contributed by atoms with Crippen LogP contribution in [0.1, 0.15) is 29.5 Å². The van der Waals surface area contributed by atoms with Crippen LogP contribution in [0.15, 0.2) is 97.5 Å². The van der Waals surface area contributed by atoms with Gasteiger partial charge < -0.3 is 24.6 Å². The molecule has 1 aliphatic carbocycles. The molecule has 3 atom stereocenters. The third-order valence-corrected chi connectivity index (χ3v) is 7.28. The number of ether oxygens (including phenoxy) is 3. The minimum absolute atomic E-state index is 0.0473. The summed E-state index contributed by atoms with van der Waals surface area (Å²) in [6.45, 7) is 0.371. The fraction of sp³-hybridized carbons (Fsp3) is 0.290. The number of hydrogen-bond acceptors (Lipinski definition) is 7. The molecule has 0 bridgehead atoms. The summed E-state index contributed by atoms with van der Waals surface area (Å²) in [5.41, 5.74) is 2.03. The maximum atomic E-state index is 11.0. The minimum atomic E-state index is -0.905. The standard InChI is InChI=1S/C31H33N3O4/c1-36-27-12-8-24(9-13-27)31(23-6-4-3-5-7-23,25-10-14-28(37-2)15-11-25)38-20-22-18-26(19-29(22)35)34-30-16-17-32-21-33-30/h3-17,21-22,26,29,35H,18-20H2,1-2H3,(H,32,33,34)/t22-,26-,29+/m1/s1. The lowest BCUT2D eigenvalue weighted by Gasteiger charge is -2.37. The number of benzene rings is 3. The van der Waals surface area contributed by atoms with Gasteiger partial charge in [0.25, 0.3) is 0 Å². The summed E-state index contributed by atoms with van der Waals surface area (Å²) in [4.78, 5) is 8.25. The van der Waals surface area contributed by atoms with Crippen molar-refractivity contribution in [2.75, 3.05) is 26.1 Å². The molecule has 2 N–H and O–H groups in total. The molecular formula is C31H33N3O4. The first-order valence-electron chi connectivity index (χ1n) is 12.8. The van der Waals surface area contributed by atoms with Crippen LogP contribution in [-0.2, 0) is 10.3 Å². The van der Waals surface area contributed by atoms with Crippen LogP contribution in [-0.4, -0.2) is 48.0 Å². The number of aromatic nitrogens is 2. The van der Waals surface area contributed by atoms with Gasteiger partial charge in [0, 0.05) is 18.2 Å². The Bertz CT molecular complexity index is 1240. The van der Waals surface area contributed by atoms with Gasteiger partial charge in [0.05, 0.1) is 26.9 Å². The van der Waals surface area contributed by atoms with E-state index in [1.54, 1.807) is 20.4 Å². The van der Waals surface area contributed by atoms with Gasteiger partial charge in [-0.2, -0.15) is 0 Å². The summed E-state index contributed by atoms with van der Waals surface area (Å²) < 4.78 is 17.9. The Labute approximate surface area is 223 Å². The first-order chi connectivity index (χ1) is 18.6. The van der Waals surface area contributed by atoms with Crippen molar-refractivity contribution >= 4 is 5.82 Å². The van der Waals surface area contributed by atoms with E-state index in [0.717, 1.165) is 40.4 Å². The number of hydrogen-bond donors (Lipinski definition) is 2. The highest BCUT2D eigenvalue weighted by Gasteiger charge is 2.41. The Kier molecular flexibility index (Phi) is 7.86. The number of rotatable bonds is 10. The monoisotopic (exact) mass is 511 g/mol. The summed E-state index contributed by atoms with van der Waals surface area (Å²) in [5.74, 6) is 2.26. The predicted molar refractivity (Wildman–Crippen MR) is 146 cm³/mol. The van der Waals surface area contributed by atoms with Gasteiger partial charge in [-0.05, 0) is 59.9 Å². The molecule has 0 spiro atoms. The van der Waals surface area contributed by atoms with E-state index in [9.17, 15) is 5.11 Å². The number of nitrogens with one attached hydrogen (secondary N) is 1. The second kappa shape index (κ2) is 11.6. The summed E-state index contributed by atoms with van der Waals surface area (Å²) >= 11 is 0. The number of anilines is 1. The van der Waals surface area contributed by atoms with E-state index >= 15 is 0 Å². The van der Waals surface area contributed by atoms with Gasteiger partial charge in [-0.3, -0.25) is 0 Å². The molecule has 7 heteroatoms. The lowest BCUT2D eigenvalue weighted by Crippen LogP contribution is -2.35. The van der Waals surface area contributed by atoms with Crippen LogP contribution in [0.5, 0.6) is 11.5 Å². The van der Waals surface area contributed by atoms with E-state index in [1.807, 2.05) is 72.8 Å². The van der Waals surface area contributed by atoms with E-state index in [1.165, 1.54) is 6.33 Å². The highest BCUT2D eigenvalue weighted by Crippen LogP contribution is 2.43. The van der Waals surface area contributed by atoms with Crippen molar-refractivity contribution in [2.24, 2.45) is 5.92 Å². The summed E-state index contributed by atoms with van der Waals surface area (Å²) in [6.07, 6.45) is 4.13. The molecule has 7 nitrogen and oxygen atoms in total. The first kappa shape index (κ1) is 25.7. The van der Waals surface area contributed by atoms with E-state index in [0.29, 0.717) is 13.0 Å². The lowest BCUT2D eigenvalue weighted by molar-refractivity contribution is -0.0295. The van der Waals surface area contributed by atoms with Crippen LogP contribution >= 0.6 is 0 Å². The molecule has 0 amide bonds. The smallest absolute Gasteiger partial charge is 0.143 e. The van der Waals surface area contributed by atoms with Gasteiger partial charge in [0.1, 0.15) is 29.2 Å². The Hall–Kier alpha value is -3.94. The zero-order chi connectivity index (χ0) is 26.4. The molecule has 0 radical (unpaired) electrons. The third-order valence-electron chi connectivity index (χ3n) is 7.28. The van der Waals surface area contributed by atoms with Crippen LogP contribution in [0.2, 0.25) is 0 Å². The topological polar surface area (TPSA) is 85.7 Å². The molecule has 3 aromatic carbocycles. The molecular weight excluding hydrogens is 478 g/mol. The fourth-order valence-electron chi connectivity index (χ4n) is 5.29. The molecule has 38 heavy (non-hydrogen) atoms. The van der Waals surface area contributed by atoms with E-state index in [2.05, 4.69) is 27.4 Å². The van der Waals surface area contributed by atoms with Crippen LogP contribution in [0, 0.1) is 5.92 Å². The molecule has 1 heterocycles. The number of methoxy groups -OCH3 is 2. The molecule has 0 aliphatic heterocycles. The Morgan fingerprint density at radius 2 is 1.42 bits per heavy atom. The second-order valence-electron chi connectivity index (χ2n) is 9.55. The molecule has 5 rings (SSSR count). The predicted octanol–water partition coefficient (Wildman–Crippen LogP) is 5.05. The van der Waals surface area contributed by atoms with Crippen LogP contribution < -0.4 is 14.8 Å². The SMILES string of the molecule is COc1ccc(C(OC[C@H]2C[C@@H](Nc3ccncn3)C[C@@H]2O)(c2ccccc2)c2ccc(OC)cc2)cc1. The average molecular weight is 512 g/mol. The van der Waals surface area contributed by atoms with Gasteiger partial charge in [-0.15, -0.1) is 0 Å². The van der Waals surface area contributed by atoms with Crippen molar-refractivity contribution in [1.82, 2.24) is 9.97 Å². The van der Waals surface area contributed by atoms with Gasteiger partial charge in [-0.1, -0.05) is 54.6 Å². The van der Waals surface area contributed by atoms with Crippen molar-refractivity contribution < 1.29 is 19.3 Å². The zero-order valence-corrected chi connectivity index (χ0v) is 21.7. The second-order valence-corrected chi connectivity index (χ2v) is 9.55. The molecule has 196 valence electrons. The third kappa shape index (κ3) is 5.35. The number of nitrogens with zero attached hydrogens (tertiary/aromatic N) is 2. The van der Waals surface area contributed by atoms with Crippen molar-refractivity contribution in [3.63, 3.8) is 0 Å². The van der Waals surface area contributed by atoms with Crippen molar-refractivity contribution in [3.05, 3.63) is 114 Å². The molecule has 0 saturated heterocycles. The number of aliphatic hydroxyl groups excluding tert-OH is 1. The van der Waals surface area contributed by atoms with E-state index in [-0.39, 0.29) is 12.0 Å². The average Bonchev–Trinajstić information content (AvgIpc) is 3.33. The zero-order valence-electron chi connectivity index (χ0n) is 21.7. The van der Waals surface area contributed by atoms with Gasteiger partial charge in [0.15, 0.2) is 0 Å². The van der Waals surface area contributed by atoms with E-state index in [4.69, 9.17) is 14.2 Å². The van der Waals surface area contributed by atoms with Crippen molar-refractivity contribution in [2.45, 2.75) is 30.6 Å². The van der Waals surface area contributed by atoms with Crippen LogP contribution in [0.4, 0.5) is 5.82 Å². The molecule has 4 aromatic rings. The quantitative estimate of drug-likeness (QED) is 0.288. The maximum Gasteiger partial charge on any atom is 0.143 e. The summed E-state index contributed by atoms with van der Waals surface area (Å²) in [7, 11) is 3.32. The van der Waals surface area contributed by atoms with Crippen LogP contribution in [0.3, 0.4) is 0 Å². The minimum Gasteiger partial charge on any atom is -0.497 e. The molecule has 1 saturated carbocycles. The summed E-state index contributed by atoms with van der Waals surface area (Å²) in [5, 5.41) is 14.4.